The number of rotatable bonds is 4. The third-order valence-corrected chi connectivity index (χ3v) is 4.10. The van der Waals surface area contributed by atoms with Gasteiger partial charge in [0.05, 0.1) is 5.69 Å². The molecule has 1 unspecified atom stereocenters. The van der Waals surface area contributed by atoms with Gasteiger partial charge in [-0.25, -0.2) is 0 Å². The average Bonchev–Trinajstić information content (AvgIpc) is 2.72. The van der Waals surface area contributed by atoms with Crippen molar-refractivity contribution in [2.75, 3.05) is 6.61 Å². The summed E-state index contributed by atoms with van der Waals surface area (Å²) in [5.74, 6) is 1.02. The predicted octanol–water partition coefficient (Wildman–Crippen LogP) is 2.60. The quantitative estimate of drug-likeness (QED) is 0.785. The first-order chi connectivity index (χ1) is 12.8. The summed E-state index contributed by atoms with van der Waals surface area (Å²) in [4.78, 5) is 20.9. The maximum Gasteiger partial charge on any atom is 0.264 e. The van der Waals surface area contributed by atoms with E-state index in [1.54, 1.807) is 24.7 Å². The molecule has 1 aromatic carbocycles. The van der Waals surface area contributed by atoms with Crippen LogP contribution in [0.15, 0.2) is 67.1 Å². The van der Waals surface area contributed by atoms with Crippen molar-refractivity contribution in [3.05, 3.63) is 72.7 Å². The molecule has 1 atom stereocenters. The molecule has 3 aromatic rings. The Morgan fingerprint density at radius 3 is 2.69 bits per heavy atom. The van der Waals surface area contributed by atoms with E-state index in [0.29, 0.717) is 18.0 Å². The Labute approximate surface area is 150 Å². The van der Waals surface area contributed by atoms with E-state index in [1.807, 2.05) is 42.5 Å². The Balaban J connectivity index is 1.45. The Kier molecular flexibility index (Phi) is 4.47. The number of carbonyl (C=O) groups excluding carboxylic acids is 1. The molecule has 0 spiro atoms. The molecule has 0 saturated carbocycles. The lowest BCUT2D eigenvalue weighted by atomic mass is 10.1. The number of fused-ring (bicyclic) bond motifs is 1. The highest BCUT2D eigenvalue weighted by atomic mass is 16.6. The third kappa shape index (κ3) is 3.35. The Morgan fingerprint density at radius 2 is 1.85 bits per heavy atom. The summed E-state index contributed by atoms with van der Waals surface area (Å²) in [7, 11) is 0. The van der Waals surface area contributed by atoms with Gasteiger partial charge >= 0.3 is 0 Å². The number of hydrogen-bond acceptors (Lipinski definition) is 5. The number of pyridine rings is 2. The highest BCUT2D eigenvalue weighted by Gasteiger charge is 2.27. The SMILES string of the molecule is O=C(NCc1cccnc1-c1ccncc1)C1COc2ccccc2O1. The molecule has 1 aliphatic heterocycles. The van der Waals surface area contributed by atoms with Crippen molar-refractivity contribution in [1.82, 2.24) is 15.3 Å². The molecule has 0 radical (unpaired) electrons. The molecule has 0 bridgehead atoms. The van der Waals surface area contributed by atoms with Gasteiger partial charge in [-0.2, -0.15) is 0 Å². The summed E-state index contributed by atoms with van der Waals surface area (Å²) in [5, 5.41) is 2.91. The molecule has 1 amide bonds. The zero-order valence-electron chi connectivity index (χ0n) is 14.0. The second-order valence-electron chi connectivity index (χ2n) is 5.83. The maximum atomic E-state index is 12.5. The molecule has 0 aliphatic carbocycles. The van der Waals surface area contributed by atoms with Crippen LogP contribution in [0.25, 0.3) is 11.3 Å². The zero-order chi connectivity index (χ0) is 17.8. The number of hydrogen-bond donors (Lipinski definition) is 1. The summed E-state index contributed by atoms with van der Waals surface area (Å²) in [6.07, 6.45) is 4.50. The Bertz CT molecular complexity index is 915. The van der Waals surface area contributed by atoms with Crippen molar-refractivity contribution < 1.29 is 14.3 Å². The van der Waals surface area contributed by atoms with Gasteiger partial charge in [0, 0.05) is 30.7 Å². The molecule has 0 saturated heterocycles. The van der Waals surface area contributed by atoms with Gasteiger partial charge in [0.15, 0.2) is 11.5 Å². The fourth-order valence-electron chi connectivity index (χ4n) is 2.80. The summed E-state index contributed by atoms with van der Waals surface area (Å²) < 4.78 is 11.3. The number of benzene rings is 1. The van der Waals surface area contributed by atoms with Crippen LogP contribution >= 0.6 is 0 Å². The first-order valence-corrected chi connectivity index (χ1v) is 8.32. The molecule has 0 fully saturated rings. The van der Waals surface area contributed by atoms with Crippen molar-refractivity contribution in [1.29, 1.82) is 0 Å². The van der Waals surface area contributed by atoms with E-state index in [-0.39, 0.29) is 12.5 Å². The fourth-order valence-corrected chi connectivity index (χ4v) is 2.80. The van der Waals surface area contributed by atoms with Gasteiger partial charge in [0.25, 0.3) is 5.91 Å². The second-order valence-corrected chi connectivity index (χ2v) is 5.83. The lowest BCUT2D eigenvalue weighted by Gasteiger charge is -2.25. The van der Waals surface area contributed by atoms with Crippen molar-refractivity contribution in [2.45, 2.75) is 12.6 Å². The smallest absolute Gasteiger partial charge is 0.264 e. The van der Waals surface area contributed by atoms with Gasteiger partial charge in [-0.15, -0.1) is 0 Å². The van der Waals surface area contributed by atoms with E-state index in [2.05, 4.69) is 15.3 Å². The topological polar surface area (TPSA) is 73.3 Å². The van der Waals surface area contributed by atoms with E-state index >= 15 is 0 Å². The molecule has 1 aliphatic rings. The van der Waals surface area contributed by atoms with Crippen LogP contribution in [0.1, 0.15) is 5.56 Å². The number of nitrogens with zero attached hydrogens (tertiary/aromatic N) is 2. The van der Waals surface area contributed by atoms with Crippen LogP contribution in [-0.2, 0) is 11.3 Å². The van der Waals surface area contributed by atoms with Crippen molar-refractivity contribution in [2.24, 2.45) is 0 Å². The van der Waals surface area contributed by atoms with Gasteiger partial charge in [-0.05, 0) is 35.9 Å². The second kappa shape index (κ2) is 7.23. The number of carbonyl (C=O) groups is 1. The van der Waals surface area contributed by atoms with Crippen LogP contribution < -0.4 is 14.8 Å². The molecular weight excluding hydrogens is 330 g/mol. The molecule has 1 N–H and O–H groups in total. The van der Waals surface area contributed by atoms with Crippen LogP contribution in [0.5, 0.6) is 11.5 Å². The van der Waals surface area contributed by atoms with Crippen molar-refractivity contribution in [3.8, 4) is 22.8 Å². The number of amides is 1. The van der Waals surface area contributed by atoms with E-state index in [9.17, 15) is 4.79 Å². The van der Waals surface area contributed by atoms with Crippen molar-refractivity contribution in [3.63, 3.8) is 0 Å². The molecule has 2 aromatic heterocycles. The summed E-state index contributed by atoms with van der Waals surface area (Å²) >= 11 is 0. The average molecular weight is 347 g/mol. The molecule has 6 nitrogen and oxygen atoms in total. The van der Waals surface area contributed by atoms with Crippen LogP contribution in [0, 0.1) is 0 Å². The van der Waals surface area contributed by atoms with Crippen LogP contribution in [0.4, 0.5) is 0 Å². The molecule has 130 valence electrons. The number of ether oxygens (including phenoxy) is 2. The minimum absolute atomic E-state index is 0.188. The van der Waals surface area contributed by atoms with E-state index in [4.69, 9.17) is 9.47 Å². The highest BCUT2D eigenvalue weighted by molar-refractivity contribution is 5.82. The zero-order valence-corrected chi connectivity index (χ0v) is 14.0. The Hall–Kier alpha value is -3.41. The lowest BCUT2D eigenvalue weighted by Crippen LogP contribution is -2.43. The molecule has 3 heterocycles. The van der Waals surface area contributed by atoms with Gasteiger partial charge in [-0.3, -0.25) is 14.8 Å². The maximum absolute atomic E-state index is 12.5. The molecule has 4 rings (SSSR count). The van der Waals surface area contributed by atoms with Gasteiger partial charge < -0.3 is 14.8 Å². The monoisotopic (exact) mass is 347 g/mol. The normalized spacial score (nSPS) is 15.3. The van der Waals surface area contributed by atoms with E-state index < -0.39 is 6.10 Å². The van der Waals surface area contributed by atoms with Gasteiger partial charge in [0.2, 0.25) is 6.10 Å². The van der Waals surface area contributed by atoms with Crippen LogP contribution in [0.3, 0.4) is 0 Å². The number of nitrogens with one attached hydrogen (secondary N) is 1. The fraction of sp³-hybridized carbons (Fsp3) is 0.150. The van der Waals surface area contributed by atoms with Gasteiger partial charge in [0.1, 0.15) is 6.61 Å². The highest BCUT2D eigenvalue weighted by Crippen LogP contribution is 2.30. The van der Waals surface area contributed by atoms with Gasteiger partial charge in [-0.1, -0.05) is 18.2 Å². The summed E-state index contributed by atoms with van der Waals surface area (Å²) in [6, 6.07) is 14.9. The molecular formula is C20H17N3O3. The van der Waals surface area contributed by atoms with Crippen LogP contribution in [0.2, 0.25) is 0 Å². The predicted molar refractivity (Wildman–Crippen MR) is 95.7 cm³/mol. The van der Waals surface area contributed by atoms with E-state index in [1.165, 1.54) is 0 Å². The Morgan fingerprint density at radius 1 is 1.04 bits per heavy atom. The standard InChI is InChI=1S/C20H17N3O3/c24-20(18-13-25-16-5-1-2-6-17(16)26-18)23-12-15-4-3-9-22-19(15)14-7-10-21-11-8-14/h1-11,18H,12-13H2,(H,23,24). The minimum atomic E-state index is -0.675. The molecule has 6 heteroatoms. The largest absolute Gasteiger partial charge is 0.485 e. The summed E-state index contributed by atoms with van der Waals surface area (Å²) in [5.41, 5.74) is 2.70. The number of aromatic nitrogens is 2. The van der Waals surface area contributed by atoms with Crippen molar-refractivity contribution >= 4 is 5.91 Å². The number of para-hydroxylation sites is 2. The van der Waals surface area contributed by atoms with E-state index in [0.717, 1.165) is 16.8 Å². The third-order valence-electron chi connectivity index (χ3n) is 4.10. The lowest BCUT2D eigenvalue weighted by molar-refractivity contribution is -0.130. The first-order valence-electron chi connectivity index (χ1n) is 8.32. The molecule has 26 heavy (non-hydrogen) atoms. The minimum Gasteiger partial charge on any atom is -0.485 e. The first kappa shape index (κ1) is 16.1. The summed E-state index contributed by atoms with van der Waals surface area (Å²) in [6.45, 7) is 0.541. The van der Waals surface area contributed by atoms with Crippen LogP contribution in [-0.4, -0.2) is 28.6 Å².